The first-order valence-electron chi connectivity index (χ1n) is 7.27. The zero-order valence-corrected chi connectivity index (χ0v) is 11.5. The molecular weight excluding hydrogens is 222 g/mol. The summed E-state index contributed by atoms with van der Waals surface area (Å²) in [5.74, 6) is 1.06. The Bertz CT molecular complexity index is 337. The molecule has 2 unspecified atom stereocenters. The molecule has 2 fully saturated rings. The van der Waals surface area contributed by atoms with Gasteiger partial charge in [0.2, 0.25) is 0 Å². The maximum atomic E-state index is 9.97. The average molecular weight is 247 g/mol. The summed E-state index contributed by atoms with van der Waals surface area (Å²) in [4.78, 5) is 2.50. The van der Waals surface area contributed by atoms with Crippen LogP contribution < -0.4 is 0 Å². The summed E-state index contributed by atoms with van der Waals surface area (Å²) < 4.78 is 0. The second kappa shape index (κ2) is 6.35. The summed E-state index contributed by atoms with van der Waals surface area (Å²) in [5, 5.41) is 9.97. The van der Waals surface area contributed by atoms with Crippen LogP contribution in [0.5, 0.6) is 0 Å². The van der Waals surface area contributed by atoms with Crippen LogP contribution in [0.15, 0.2) is 30.3 Å². The molecule has 1 heterocycles. The number of nitrogens with zero attached hydrogens (tertiary/aromatic N) is 1. The lowest BCUT2D eigenvalue weighted by Crippen LogP contribution is -2.44. The third-order valence-corrected chi connectivity index (χ3v) is 4.11. The fraction of sp³-hybridized carbons (Fsp3) is 0.625. The second-order valence-electron chi connectivity index (χ2n) is 5.27. The molecule has 1 aliphatic heterocycles. The smallest absolute Gasteiger partial charge is 0.0620 e. The largest absolute Gasteiger partial charge is 0.392 e. The lowest BCUT2D eigenvalue weighted by Gasteiger charge is -2.35. The zero-order valence-electron chi connectivity index (χ0n) is 11.5. The summed E-state index contributed by atoms with van der Waals surface area (Å²) in [6.07, 6.45) is 2.42. The van der Waals surface area contributed by atoms with E-state index in [1.165, 1.54) is 18.4 Å². The number of aliphatic hydroxyl groups excluding tert-OH is 1. The van der Waals surface area contributed by atoms with Crippen molar-refractivity contribution in [3.63, 3.8) is 0 Å². The van der Waals surface area contributed by atoms with Crippen molar-refractivity contribution in [2.45, 2.75) is 39.3 Å². The van der Waals surface area contributed by atoms with Gasteiger partial charge in [-0.15, -0.1) is 0 Å². The number of hydrogen-bond donors (Lipinski definition) is 1. The number of likely N-dealkylation sites (tertiary alicyclic amines) is 1. The lowest BCUT2D eigenvalue weighted by molar-refractivity contribution is 0.0139. The molecule has 2 bridgehead atoms. The van der Waals surface area contributed by atoms with Crippen molar-refractivity contribution in [3.05, 3.63) is 35.9 Å². The Kier molecular flexibility index (Phi) is 4.79. The molecular formula is C16H25NO. The first-order chi connectivity index (χ1) is 8.83. The van der Waals surface area contributed by atoms with Crippen LogP contribution in [0.25, 0.3) is 0 Å². The van der Waals surface area contributed by atoms with Crippen molar-refractivity contribution in [1.29, 1.82) is 0 Å². The first-order valence-corrected chi connectivity index (χ1v) is 7.27. The molecule has 2 aliphatic rings. The van der Waals surface area contributed by atoms with Gasteiger partial charge >= 0.3 is 0 Å². The molecule has 2 heteroatoms. The van der Waals surface area contributed by atoms with Gasteiger partial charge in [0, 0.05) is 19.6 Å². The summed E-state index contributed by atoms with van der Waals surface area (Å²) in [6.45, 7) is 7.19. The van der Waals surface area contributed by atoms with Gasteiger partial charge in [0.1, 0.15) is 0 Å². The van der Waals surface area contributed by atoms with Crippen LogP contribution in [0.3, 0.4) is 0 Å². The zero-order chi connectivity index (χ0) is 13.0. The monoisotopic (exact) mass is 247 g/mol. The van der Waals surface area contributed by atoms with Crippen molar-refractivity contribution in [1.82, 2.24) is 4.90 Å². The third-order valence-electron chi connectivity index (χ3n) is 4.11. The molecule has 2 nitrogen and oxygen atoms in total. The average Bonchev–Trinajstić information content (AvgIpc) is 2.65. The van der Waals surface area contributed by atoms with Crippen LogP contribution in [-0.2, 0) is 6.54 Å². The van der Waals surface area contributed by atoms with Gasteiger partial charge in [-0.05, 0) is 30.2 Å². The topological polar surface area (TPSA) is 23.5 Å². The second-order valence-corrected chi connectivity index (χ2v) is 5.27. The van der Waals surface area contributed by atoms with Crippen LogP contribution in [0, 0.1) is 11.8 Å². The third kappa shape index (κ3) is 2.93. The molecule has 18 heavy (non-hydrogen) atoms. The van der Waals surface area contributed by atoms with E-state index < -0.39 is 0 Å². The summed E-state index contributed by atoms with van der Waals surface area (Å²) in [5.41, 5.74) is 1.39. The van der Waals surface area contributed by atoms with E-state index >= 15 is 0 Å². The van der Waals surface area contributed by atoms with Gasteiger partial charge in [0.25, 0.3) is 0 Å². The predicted molar refractivity (Wildman–Crippen MR) is 75.3 cm³/mol. The number of hydrogen-bond acceptors (Lipinski definition) is 2. The molecule has 1 saturated heterocycles. The van der Waals surface area contributed by atoms with E-state index in [0.29, 0.717) is 11.8 Å². The van der Waals surface area contributed by atoms with E-state index in [1.807, 2.05) is 13.8 Å². The Balaban J connectivity index is 0.000000574. The molecule has 0 amide bonds. The summed E-state index contributed by atoms with van der Waals surface area (Å²) >= 11 is 0. The molecule has 1 saturated carbocycles. The molecule has 0 aromatic heterocycles. The quantitative estimate of drug-likeness (QED) is 0.868. The molecule has 1 aromatic carbocycles. The van der Waals surface area contributed by atoms with Gasteiger partial charge in [-0.25, -0.2) is 0 Å². The molecule has 1 aliphatic carbocycles. The van der Waals surface area contributed by atoms with Gasteiger partial charge in [0.15, 0.2) is 0 Å². The lowest BCUT2D eigenvalue weighted by atomic mass is 9.95. The first kappa shape index (κ1) is 13.6. The highest BCUT2D eigenvalue weighted by atomic mass is 16.3. The molecule has 1 N–H and O–H groups in total. The van der Waals surface area contributed by atoms with Crippen LogP contribution in [-0.4, -0.2) is 29.2 Å². The number of benzene rings is 1. The van der Waals surface area contributed by atoms with E-state index in [-0.39, 0.29) is 6.10 Å². The predicted octanol–water partition coefficient (Wildman–Crippen LogP) is 2.92. The van der Waals surface area contributed by atoms with Crippen molar-refractivity contribution in [3.8, 4) is 0 Å². The summed E-state index contributed by atoms with van der Waals surface area (Å²) in [6, 6.07) is 10.6. The van der Waals surface area contributed by atoms with Gasteiger partial charge < -0.3 is 5.11 Å². The SMILES string of the molecule is CC.OC1C2CC[C@@H]1CN(Cc1ccccc1)C2. The Morgan fingerprint density at radius 1 is 1.06 bits per heavy atom. The van der Waals surface area contributed by atoms with Crippen molar-refractivity contribution >= 4 is 0 Å². The molecule has 0 spiro atoms. The fourth-order valence-corrected chi connectivity index (χ4v) is 3.26. The maximum Gasteiger partial charge on any atom is 0.0620 e. The van der Waals surface area contributed by atoms with Gasteiger partial charge in [-0.2, -0.15) is 0 Å². The van der Waals surface area contributed by atoms with Crippen LogP contribution >= 0.6 is 0 Å². The van der Waals surface area contributed by atoms with E-state index in [0.717, 1.165) is 19.6 Å². The molecule has 0 radical (unpaired) electrons. The number of piperidine rings is 1. The van der Waals surface area contributed by atoms with Gasteiger partial charge in [-0.3, -0.25) is 4.90 Å². The number of fused-ring (bicyclic) bond motifs is 2. The van der Waals surface area contributed by atoms with Gasteiger partial charge in [0.05, 0.1) is 6.10 Å². The molecule has 3 rings (SSSR count). The van der Waals surface area contributed by atoms with E-state index in [2.05, 4.69) is 35.2 Å². The molecule has 100 valence electrons. The number of aliphatic hydroxyl groups is 1. The highest BCUT2D eigenvalue weighted by Gasteiger charge is 2.40. The standard InChI is InChI=1S/C14H19NO.C2H6/c16-14-12-6-7-13(14)10-15(9-12)8-11-4-2-1-3-5-11;1-2/h1-5,12-14,16H,6-10H2;1-2H3/t12-,13?,14?;/m1./s1. The Labute approximate surface area is 111 Å². The minimum atomic E-state index is -0.0213. The van der Waals surface area contributed by atoms with Crippen molar-refractivity contribution in [2.24, 2.45) is 11.8 Å². The molecule has 1 aromatic rings. The van der Waals surface area contributed by atoms with Gasteiger partial charge in [-0.1, -0.05) is 44.2 Å². The van der Waals surface area contributed by atoms with Crippen molar-refractivity contribution in [2.75, 3.05) is 13.1 Å². The fourth-order valence-electron chi connectivity index (χ4n) is 3.26. The van der Waals surface area contributed by atoms with E-state index in [9.17, 15) is 5.11 Å². The normalized spacial score (nSPS) is 30.7. The van der Waals surface area contributed by atoms with Crippen LogP contribution in [0.4, 0.5) is 0 Å². The Morgan fingerprint density at radius 2 is 1.61 bits per heavy atom. The minimum Gasteiger partial charge on any atom is -0.392 e. The highest BCUT2D eigenvalue weighted by Crippen LogP contribution is 2.37. The van der Waals surface area contributed by atoms with E-state index in [1.54, 1.807) is 0 Å². The van der Waals surface area contributed by atoms with Crippen molar-refractivity contribution < 1.29 is 5.11 Å². The Morgan fingerprint density at radius 3 is 2.17 bits per heavy atom. The maximum absolute atomic E-state index is 9.97. The van der Waals surface area contributed by atoms with Crippen LogP contribution in [0.2, 0.25) is 0 Å². The highest BCUT2D eigenvalue weighted by molar-refractivity contribution is 5.14. The summed E-state index contributed by atoms with van der Waals surface area (Å²) in [7, 11) is 0. The minimum absolute atomic E-state index is 0.0213. The Hall–Kier alpha value is -0.860. The van der Waals surface area contributed by atoms with Crippen LogP contribution in [0.1, 0.15) is 32.3 Å². The molecule has 3 atom stereocenters. The van der Waals surface area contributed by atoms with E-state index in [4.69, 9.17) is 0 Å². The number of rotatable bonds is 2.